The molecule has 0 amide bonds. The number of benzene rings is 1. The molecule has 1 aromatic carbocycles. The number of nitrogens with zero attached hydrogens (tertiary/aromatic N) is 1. The smallest absolute Gasteiger partial charge is 0.496 e. The van der Waals surface area contributed by atoms with Crippen LogP contribution in [0, 0.1) is 10.1 Å². The summed E-state index contributed by atoms with van der Waals surface area (Å²) in [5.41, 5.74) is 0.0849. The van der Waals surface area contributed by atoms with Gasteiger partial charge in [-0.15, -0.1) is 13.2 Å². The van der Waals surface area contributed by atoms with E-state index in [1.807, 2.05) is 0 Å². The molecule has 0 unspecified atom stereocenters. The molecular formula is C10H7BrF3NO4. The summed E-state index contributed by atoms with van der Waals surface area (Å²) < 4.78 is 45.1. The highest BCUT2D eigenvalue weighted by molar-refractivity contribution is 9.10. The summed E-state index contributed by atoms with van der Waals surface area (Å²) in [7, 11) is 1.29. The summed E-state index contributed by atoms with van der Waals surface area (Å²) >= 11 is 2.89. The van der Waals surface area contributed by atoms with Crippen molar-refractivity contribution in [1.29, 1.82) is 0 Å². The van der Waals surface area contributed by atoms with Gasteiger partial charge in [-0.05, 0) is 28.1 Å². The fraction of sp³-hybridized carbons (Fsp3) is 0.200. The van der Waals surface area contributed by atoms with Gasteiger partial charge in [-0.1, -0.05) is 0 Å². The topological polar surface area (TPSA) is 61.6 Å². The Morgan fingerprint density at radius 2 is 2.00 bits per heavy atom. The van der Waals surface area contributed by atoms with Gasteiger partial charge in [0.05, 0.1) is 16.5 Å². The molecule has 0 aliphatic heterocycles. The van der Waals surface area contributed by atoms with E-state index in [0.717, 1.165) is 12.1 Å². The predicted molar refractivity (Wildman–Crippen MR) is 63.4 cm³/mol. The molecule has 104 valence electrons. The van der Waals surface area contributed by atoms with Crippen LogP contribution in [0.2, 0.25) is 0 Å². The van der Waals surface area contributed by atoms with Gasteiger partial charge in [-0.3, -0.25) is 10.1 Å². The van der Waals surface area contributed by atoms with E-state index in [4.69, 9.17) is 4.74 Å². The SMILES string of the molecule is COc1cc(Br)c(OC(F)(F)F)cc1/C=C/[N+](=O)[O-]. The van der Waals surface area contributed by atoms with Gasteiger partial charge in [0, 0.05) is 11.6 Å². The standard InChI is InChI=1S/C10H7BrF3NO4/c1-18-8-5-7(11)9(19-10(12,13)14)4-6(8)2-3-15(16)17/h2-5H,1H3/b3-2+. The normalized spacial score (nSPS) is 11.6. The van der Waals surface area contributed by atoms with Crippen molar-refractivity contribution < 1.29 is 27.6 Å². The Kier molecular flexibility index (Phi) is 4.76. The van der Waals surface area contributed by atoms with Gasteiger partial charge in [0.15, 0.2) is 0 Å². The van der Waals surface area contributed by atoms with Crippen molar-refractivity contribution in [2.45, 2.75) is 6.36 Å². The number of methoxy groups -OCH3 is 1. The lowest BCUT2D eigenvalue weighted by Crippen LogP contribution is -2.17. The summed E-state index contributed by atoms with van der Waals surface area (Å²) in [6.45, 7) is 0. The molecule has 0 fully saturated rings. The summed E-state index contributed by atoms with van der Waals surface area (Å²) in [4.78, 5) is 9.47. The lowest BCUT2D eigenvalue weighted by atomic mass is 10.2. The van der Waals surface area contributed by atoms with Crippen LogP contribution in [0.25, 0.3) is 6.08 Å². The number of hydrogen-bond donors (Lipinski definition) is 0. The second kappa shape index (κ2) is 5.91. The van der Waals surface area contributed by atoms with Crippen molar-refractivity contribution in [3.05, 3.63) is 38.5 Å². The Hall–Kier alpha value is -1.77. The van der Waals surface area contributed by atoms with Crippen LogP contribution < -0.4 is 9.47 Å². The van der Waals surface area contributed by atoms with Crippen molar-refractivity contribution in [3.63, 3.8) is 0 Å². The van der Waals surface area contributed by atoms with Crippen LogP contribution in [0.3, 0.4) is 0 Å². The van der Waals surface area contributed by atoms with Gasteiger partial charge in [-0.25, -0.2) is 0 Å². The molecule has 0 saturated heterocycles. The minimum Gasteiger partial charge on any atom is -0.496 e. The fourth-order valence-corrected chi connectivity index (χ4v) is 1.61. The molecule has 0 aromatic heterocycles. The van der Waals surface area contributed by atoms with Gasteiger partial charge in [0.1, 0.15) is 11.5 Å². The number of ether oxygens (including phenoxy) is 2. The van der Waals surface area contributed by atoms with E-state index in [1.165, 1.54) is 13.2 Å². The molecular weight excluding hydrogens is 335 g/mol. The molecule has 0 bridgehead atoms. The minimum atomic E-state index is -4.86. The molecule has 19 heavy (non-hydrogen) atoms. The van der Waals surface area contributed by atoms with Crippen LogP contribution in [0.4, 0.5) is 13.2 Å². The molecule has 1 aromatic rings. The van der Waals surface area contributed by atoms with E-state index >= 15 is 0 Å². The van der Waals surface area contributed by atoms with Crippen LogP contribution >= 0.6 is 15.9 Å². The first-order valence-electron chi connectivity index (χ1n) is 4.68. The van der Waals surface area contributed by atoms with E-state index in [0.29, 0.717) is 6.20 Å². The van der Waals surface area contributed by atoms with Crippen molar-refractivity contribution in [1.82, 2.24) is 0 Å². The maximum Gasteiger partial charge on any atom is 0.573 e. The molecule has 9 heteroatoms. The summed E-state index contributed by atoms with van der Waals surface area (Å²) in [5, 5.41) is 10.2. The van der Waals surface area contributed by atoms with E-state index in [-0.39, 0.29) is 15.8 Å². The van der Waals surface area contributed by atoms with Crippen molar-refractivity contribution in [3.8, 4) is 11.5 Å². The maximum absolute atomic E-state index is 12.1. The third-order valence-electron chi connectivity index (χ3n) is 1.89. The molecule has 0 heterocycles. The zero-order chi connectivity index (χ0) is 14.6. The second-order valence-electron chi connectivity index (χ2n) is 3.17. The number of alkyl halides is 3. The third kappa shape index (κ3) is 4.78. The number of halogens is 4. The van der Waals surface area contributed by atoms with Crippen LogP contribution in [0.15, 0.2) is 22.8 Å². The zero-order valence-electron chi connectivity index (χ0n) is 9.40. The Labute approximate surface area is 113 Å². The molecule has 0 aliphatic rings. The Morgan fingerprint density at radius 1 is 1.37 bits per heavy atom. The highest BCUT2D eigenvalue weighted by Gasteiger charge is 2.32. The first-order valence-corrected chi connectivity index (χ1v) is 5.47. The first-order chi connectivity index (χ1) is 8.73. The van der Waals surface area contributed by atoms with Gasteiger partial charge < -0.3 is 9.47 Å². The fourth-order valence-electron chi connectivity index (χ4n) is 1.20. The van der Waals surface area contributed by atoms with Crippen molar-refractivity contribution >= 4 is 22.0 Å². The van der Waals surface area contributed by atoms with E-state index in [9.17, 15) is 23.3 Å². The molecule has 5 nitrogen and oxygen atoms in total. The van der Waals surface area contributed by atoms with E-state index in [1.54, 1.807) is 0 Å². The molecule has 1 rings (SSSR count). The van der Waals surface area contributed by atoms with Crippen LogP contribution in [-0.2, 0) is 0 Å². The van der Waals surface area contributed by atoms with Gasteiger partial charge >= 0.3 is 6.36 Å². The van der Waals surface area contributed by atoms with E-state index < -0.39 is 17.0 Å². The number of rotatable bonds is 4. The Balaban J connectivity index is 3.21. The van der Waals surface area contributed by atoms with Crippen LogP contribution in [0.1, 0.15) is 5.56 Å². The first kappa shape index (κ1) is 15.3. The third-order valence-corrected chi connectivity index (χ3v) is 2.51. The lowest BCUT2D eigenvalue weighted by Gasteiger charge is -2.13. The highest BCUT2D eigenvalue weighted by Crippen LogP contribution is 2.36. The largest absolute Gasteiger partial charge is 0.573 e. The van der Waals surface area contributed by atoms with Crippen molar-refractivity contribution in [2.24, 2.45) is 0 Å². The number of hydrogen-bond acceptors (Lipinski definition) is 4. The average molecular weight is 342 g/mol. The molecule has 0 spiro atoms. The zero-order valence-corrected chi connectivity index (χ0v) is 11.0. The molecule has 0 atom stereocenters. The molecule has 0 N–H and O–H groups in total. The maximum atomic E-state index is 12.1. The van der Waals surface area contributed by atoms with Gasteiger partial charge in [-0.2, -0.15) is 0 Å². The minimum absolute atomic E-state index is 0.0138. The van der Waals surface area contributed by atoms with Gasteiger partial charge in [0.2, 0.25) is 6.20 Å². The Bertz CT molecular complexity index is 516. The van der Waals surface area contributed by atoms with Crippen LogP contribution in [0.5, 0.6) is 11.5 Å². The number of nitro groups is 1. The molecule has 0 saturated carbocycles. The predicted octanol–water partition coefficient (Wildman–Crippen LogP) is 3.60. The summed E-state index contributed by atoms with van der Waals surface area (Å²) in [5.74, 6) is -0.351. The van der Waals surface area contributed by atoms with Crippen LogP contribution in [-0.4, -0.2) is 18.4 Å². The average Bonchev–Trinajstić information content (AvgIpc) is 2.27. The monoisotopic (exact) mass is 341 g/mol. The summed E-state index contributed by atoms with van der Waals surface area (Å²) in [6.07, 6.45) is -3.27. The molecule has 0 aliphatic carbocycles. The van der Waals surface area contributed by atoms with Gasteiger partial charge in [0.25, 0.3) is 0 Å². The Morgan fingerprint density at radius 3 is 2.47 bits per heavy atom. The molecule has 0 radical (unpaired) electrons. The quantitative estimate of drug-likeness (QED) is 0.620. The second-order valence-corrected chi connectivity index (χ2v) is 4.03. The van der Waals surface area contributed by atoms with E-state index in [2.05, 4.69) is 20.7 Å². The van der Waals surface area contributed by atoms with Crippen molar-refractivity contribution in [2.75, 3.05) is 7.11 Å². The lowest BCUT2D eigenvalue weighted by molar-refractivity contribution is -0.400. The highest BCUT2D eigenvalue weighted by atomic mass is 79.9. The summed E-state index contributed by atoms with van der Waals surface area (Å²) in [6, 6.07) is 2.21.